The van der Waals surface area contributed by atoms with Gasteiger partial charge in [-0.05, 0) is 61.7 Å². The van der Waals surface area contributed by atoms with Crippen molar-refractivity contribution >= 4 is 22.5 Å². The number of aromatic amines is 1. The normalized spacial score (nSPS) is 16.5. The number of fused-ring (bicyclic) bond motifs is 2. The van der Waals surface area contributed by atoms with Crippen molar-refractivity contribution in [2.75, 3.05) is 11.4 Å². The number of halogens is 2. The maximum atomic E-state index is 14.5. The highest BCUT2D eigenvalue weighted by molar-refractivity contribution is 5.83. The fourth-order valence-electron chi connectivity index (χ4n) is 4.57. The fraction of sp³-hybridized carbons (Fsp3) is 0.208. The van der Waals surface area contributed by atoms with Crippen LogP contribution in [-0.2, 0) is 0 Å². The van der Waals surface area contributed by atoms with Crippen molar-refractivity contribution in [2.45, 2.75) is 25.8 Å². The third-order valence-electron chi connectivity index (χ3n) is 6.11. The molecule has 4 heterocycles. The van der Waals surface area contributed by atoms with Crippen molar-refractivity contribution in [1.29, 1.82) is 0 Å². The van der Waals surface area contributed by atoms with Crippen LogP contribution < -0.4 is 4.90 Å². The lowest BCUT2D eigenvalue weighted by Crippen LogP contribution is -2.24. The molecule has 0 radical (unpaired) electrons. The van der Waals surface area contributed by atoms with Crippen molar-refractivity contribution in [3.63, 3.8) is 0 Å². The van der Waals surface area contributed by atoms with E-state index in [-0.39, 0.29) is 6.04 Å². The third kappa shape index (κ3) is 3.02. The topological polar surface area (TPSA) is 62.1 Å². The van der Waals surface area contributed by atoms with E-state index in [1.54, 1.807) is 10.7 Å². The number of nitrogens with zero attached hydrogens (tertiary/aromatic N) is 5. The van der Waals surface area contributed by atoms with Crippen LogP contribution >= 0.6 is 0 Å². The summed E-state index contributed by atoms with van der Waals surface area (Å²) in [5, 5.41) is 4.42. The maximum Gasteiger partial charge on any atom is 0.168 e. The molecule has 0 amide bonds. The molecule has 1 aliphatic rings. The number of anilines is 1. The monoisotopic (exact) mass is 430 g/mol. The zero-order chi connectivity index (χ0) is 21.8. The second kappa shape index (κ2) is 7.12. The van der Waals surface area contributed by atoms with Crippen LogP contribution in [0, 0.1) is 18.6 Å². The van der Waals surface area contributed by atoms with Crippen LogP contribution in [0.4, 0.5) is 14.6 Å². The van der Waals surface area contributed by atoms with Gasteiger partial charge in [0.2, 0.25) is 0 Å². The Labute approximate surface area is 182 Å². The first-order valence-corrected chi connectivity index (χ1v) is 10.6. The van der Waals surface area contributed by atoms with Crippen LogP contribution in [0.25, 0.3) is 28.1 Å². The number of rotatable bonds is 3. The molecule has 5 aromatic rings. The maximum absolute atomic E-state index is 14.5. The second-order valence-corrected chi connectivity index (χ2v) is 8.24. The SMILES string of the molecule is Cc1ccc2nc(-c3cnn4ccc(N5CCC[C@@H]5c5cc(F)ccc5F)nc34)[nH]c2c1. The highest BCUT2D eigenvalue weighted by atomic mass is 19.1. The molecule has 6 nitrogen and oxygen atoms in total. The van der Waals surface area contributed by atoms with E-state index in [0.717, 1.165) is 47.6 Å². The summed E-state index contributed by atoms with van der Waals surface area (Å²) in [7, 11) is 0. The van der Waals surface area contributed by atoms with Gasteiger partial charge in [-0.2, -0.15) is 5.10 Å². The summed E-state index contributed by atoms with van der Waals surface area (Å²) in [4.78, 5) is 15.0. The van der Waals surface area contributed by atoms with Gasteiger partial charge in [0.15, 0.2) is 5.65 Å². The molecule has 1 fully saturated rings. The smallest absolute Gasteiger partial charge is 0.168 e. The molecule has 0 aliphatic carbocycles. The Bertz CT molecular complexity index is 1470. The van der Waals surface area contributed by atoms with E-state index >= 15 is 0 Å². The third-order valence-corrected chi connectivity index (χ3v) is 6.11. The van der Waals surface area contributed by atoms with Gasteiger partial charge in [0.1, 0.15) is 23.3 Å². The van der Waals surface area contributed by atoms with Crippen molar-refractivity contribution in [3.05, 3.63) is 77.6 Å². The Morgan fingerprint density at radius 1 is 1.06 bits per heavy atom. The zero-order valence-electron chi connectivity index (χ0n) is 17.4. The number of aryl methyl sites for hydroxylation is 1. The molecule has 160 valence electrons. The minimum Gasteiger partial charge on any atom is -0.349 e. The lowest BCUT2D eigenvalue weighted by molar-refractivity contribution is 0.560. The summed E-state index contributed by atoms with van der Waals surface area (Å²) in [5.74, 6) is 0.568. The molecule has 0 saturated carbocycles. The predicted molar refractivity (Wildman–Crippen MR) is 118 cm³/mol. The standard InChI is InChI=1S/C24H20F2N6/c1-14-4-7-19-20(11-14)29-23(28-19)17-13-27-32-10-8-22(30-24(17)32)31-9-2-3-21(31)16-12-15(25)5-6-18(16)26/h4-8,10-13,21H,2-3,9H2,1H3,(H,28,29)/t21-/m1/s1. The predicted octanol–water partition coefficient (Wildman–Crippen LogP) is 5.20. The highest BCUT2D eigenvalue weighted by Gasteiger charge is 2.30. The van der Waals surface area contributed by atoms with Crippen molar-refractivity contribution < 1.29 is 8.78 Å². The Morgan fingerprint density at radius 2 is 1.97 bits per heavy atom. The Balaban J connectivity index is 1.43. The van der Waals surface area contributed by atoms with Crippen LogP contribution in [0.2, 0.25) is 0 Å². The largest absolute Gasteiger partial charge is 0.349 e. The van der Waals surface area contributed by atoms with Crippen LogP contribution in [-0.4, -0.2) is 31.1 Å². The van der Waals surface area contributed by atoms with Gasteiger partial charge in [-0.1, -0.05) is 6.07 Å². The highest BCUT2D eigenvalue weighted by Crippen LogP contribution is 2.37. The zero-order valence-corrected chi connectivity index (χ0v) is 17.4. The Morgan fingerprint density at radius 3 is 2.88 bits per heavy atom. The first-order chi connectivity index (χ1) is 15.6. The van der Waals surface area contributed by atoms with Gasteiger partial charge in [-0.3, -0.25) is 0 Å². The summed E-state index contributed by atoms with van der Waals surface area (Å²) < 4.78 is 30.0. The Kier molecular flexibility index (Phi) is 4.21. The van der Waals surface area contributed by atoms with E-state index in [9.17, 15) is 8.78 Å². The summed E-state index contributed by atoms with van der Waals surface area (Å²) in [6.45, 7) is 2.76. The number of hydrogen-bond donors (Lipinski definition) is 1. The minimum atomic E-state index is -0.435. The molecule has 0 bridgehead atoms. The molecule has 1 aliphatic heterocycles. The molecule has 2 aromatic carbocycles. The second-order valence-electron chi connectivity index (χ2n) is 8.24. The van der Waals surface area contributed by atoms with Gasteiger partial charge in [-0.25, -0.2) is 23.3 Å². The van der Waals surface area contributed by atoms with Crippen molar-refractivity contribution in [1.82, 2.24) is 24.6 Å². The molecule has 1 atom stereocenters. The molecule has 3 aromatic heterocycles. The van der Waals surface area contributed by atoms with E-state index in [4.69, 9.17) is 9.97 Å². The van der Waals surface area contributed by atoms with Gasteiger partial charge >= 0.3 is 0 Å². The quantitative estimate of drug-likeness (QED) is 0.427. The van der Waals surface area contributed by atoms with Crippen LogP contribution in [0.3, 0.4) is 0 Å². The van der Waals surface area contributed by atoms with Crippen LogP contribution in [0.15, 0.2) is 54.9 Å². The van der Waals surface area contributed by atoms with Gasteiger partial charge in [0, 0.05) is 18.3 Å². The molecule has 0 unspecified atom stereocenters. The van der Waals surface area contributed by atoms with Gasteiger partial charge in [0.25, 0.3) is 0 Å². The molecule has 32 heavy (non-hydrogen) atoms. The number of benzene rings is 2. The number of H-pyrrole nitrogens is 1. The molecule has 1 saturated heterocycles. The van der Waals surface area contributed by atoms with Gasteiger partial charge in [-0.15, -0.1) is 0 Å². The molecular formula is C24H20F2N6. The van der Waals surface area contributed by atoms with Crippen LogP contribution in [0.1, 0.15) is 30.0 Å². The molecule has 0 spiro atoms. The first-order valence-electron chi connectivity index (χ1n) is 10.6. The van der Waals surface area contributed by atoms with Gasteiger partial charge < -0.3 is 9.88 Å². The summed E-state index contributed by atoms with van der Waals surface area (Å²) in [6, 6.07) is 11.3. The lowest BCUT2D eigenvalue weighted by atomic mass is 10.0. The van der Waals surface area contributed by atoms with Crippen molar-refractivity contribution in [3.8, 4) is 11.4 Å². The summed E-state index contributed by atoms with van der Waals surface area (Å²) in [5.41, 5.74) is 4.79. The average Bonchev–Trinajstić information content (AvgIpc) is 3.52. The fourth-order valence-corrected chi connectivity index (χ4v) is 4.57. The number of hydrogen-bond acceptors (Lipinski definition) is 4. The van der Waals surface area contributed by atoms with E-state index in [1.165, 1.54) is 12.1 Å². The minimum absolute atomic E-state index is 0.263. The van der Waals surface area contributed by atoms with E-state index in [1.807, 2.05) is 36.2 Å². The molecular weight excluding hydrogens is 410 g/mol. The van der Waals surface area contributed by atoms with E-state index in [0.29, 0.717) is 22.9 Å². The van der Waals surface area contributed by atoms with Gasteiger partial charge in [0.05, 0.1) is 28.8 Å². The summed E-state index contributed by atoms with van der Waals surface area (Å²) in [6.07, 6.45) is 5.19. The number of aromatic nitrogens is 5. The Hall–Kier alpha value is -3.81. The summed E-state index contributed by atoms with van der Waals surface area (Å²) >= 11 is 0. The number of nitrogens with one attached hydrogen (secondary N) is 1. The lowest BCUT2D eigenvalue weighted by Gasteiger charge is -2.26. The van der Waals surface area contributed by atoms with E-state index < -0.39 is 11.6 Å². The molecule has 1 N–H and O–H groups in total. The number of imidazole rings is 1. The molecule has 8 heteroatoms. The first kappa shape index (κ1) is 18.9. The van der Waals surface area contributed by atoms with Crippen LogP contribution in [0.5, 0.6) is 0 Å². The molecule has 6 rings (SSSR count). The van der Waals surface area contributed by atoms with E-state index in [2.05, 4.69) is 16.1 Å². The van der Waals surface area contributed by atoms with Crippen molar-refractivity contribution in [2.24, 2.45) is 0 Å². The average molecular weight is 430 g/mol.